The van der Waals surface area contributed by atoms with Gasteiger partial charge < -0.3 is 9.66 Å². The number of hydrogen-bond donors (Lipinski definition) is 1. The van der Waals surface area contributed by atoms with Crippen LogP contribution in [0, 0.1) is 0 Å². The third-order valence-electron chi connectivity index (χ3n) is 3.71. The molecule has 0 amide bonds. The number of aliphatic hydroxyl groups excluding tert-OH is 1. The van der Waals surface area contributed by atoms with Crippen LogP contribution in [-0.2, 0) is 10.1 Å². The summed E-state index contributed by atoms with van der Waals surface area (Å²) >= 11 is 0. The fraction of sp³-hybridized carbons (Fsp3) is 1.00. The van der Waals surface area contributed by atoms with Gasteiger partial charge in [0.05, 0.1) is 21.5 Å². The molecular weight excluding hydrogens is 299 g/mol. The molecule has 0 rings (SSSR count). The Balaban J connectivity index is 0. The van der Waals surface area contributed by atoms with Crippen LogP contribution in [0.1, 0.15) is 84.5 Å². The van der Waals surface area contributed by atoms with E-state index in [-0.39, 0.29) is 36.0 Å². The summed E-state index contributed by atoms with van der Waals surface area (Å²) in [7, 11) is -4.29. The van der Waals surface area contributed by atoms with E-state index < -0.39 is 21.5 Å². The molecular formula is C15H31NaO4S. The maximum atomic E-state index is 11.2. The molecule has 0 aliphatic heterocycles. The molecule has 0 spiro atoms. The van der Waals surface area contributed by atoms with Crippen molar-refractivity contribution < 1.29 is 47.6 Å². The van der Waals surface area contributed by atoms with E-state index in [0.29, 0.717) is 12.8 Å². The molecule has 2 atom stereocenters. The Morgan fingerprint density at radius 2 is 1.38 bits per heavy atom. The topological polar surface area (TPSA) is 77.4 Å². The molecule has 0 saturated carbocycles. The zero-order valence-corrected chi connectivity index (χ0v) is 16.8. The van der Waals surface area contributed by atoms with Gasteiger partial charge >= 0.3 is 29.6 Å². The van der Waals surface area contributed by atoms with E-state index in [1.165, 1.54) is 12.8 Å². The summed E-state index contributed by atoms with van der Waals surface area (Å²) in [5.74, 6) is 0. The van der Waals surface area contributed by atoms with E-state index in [1.807, 2.05) is 6.92 Å². The molecule has 4 nitrogen and oxygen atoms in total. The predicted molar refractivity (Wildman–Crippen MR) is 81.6 cm³/mol. The molecule has 2 unspecified atom stereocenters. The second-order valence-electron chi connectivity index (χ2n) is 5.70. The van der Waals surface area contributed by atoms with Gasteiger partial charge in [0.15, 0.2) is 0 Å². The Labute approximate surface area is 153 Å². The Hall–Kier alpha value is 0.870. The first-order valence-corrected chi connectivity index (χ1v) is 9.51. The molecule has 0 aromatic heterocycles. The normalized spacial score (nSPS) is 14.5. The van der Waals surface area contributed by atoms with Gasteiger partial charge in [0.25, 0.3) is 0 Å². The molecule has 21 heavy (non-hydrogen) atoms. The summed E-state index contributed by atoms with van der Waals surface area (Å²) in [6, 6.07) is 0. The van der Waals surface area contributed by atoms with Gasteiger partial charge in [0.2, 0.25) is 0 Å². The van der Waals surface area contributed by atoms with Crippen LogP contribution >= 0.6 is 0 Å². The fourth-order valence-corrected chi connectivity index (χ4v) is 3.32. The first kappa shape index (κ1) is 24.1. The first-order valence-electron chi connectivity index (χ1n) is 8.04. The summed E-state index contributed by atoms with van der Waals surface area (Å²) in [4.78, 5) is 0. The zero-order valence-electron chi connectivity index (χ0n) is 14.0. The molecule has 0 saturated heterocycles. The van der Waals surface area contributed by atoms with Crippen molar-refractivity contribution in [2.24, 2.45) is 0 Å². The smallest absolute Gasteiger partial charge is 0.748 e. The molecule has 1 N–H and O–H groups in total. The van der Waals surface area contributed by atoms with Gasteiger partial charge in [-0.3, -0.25) is 0 Å². The van der Waals surface area contributed by atoms with E-state index in [0.717, 1.165) is 38.5 Å². The van der Waals surface area contributed by atoms with Crippen molar-refractivity contribution in [3.8, 4) is 0 Å². The van der Waals surface area contributed by atoms with Crippen LogP contribution in [-0.4, -0.2) is 29.4 Å². The average Bonchev–Trinajstić information content (AvgIpc) is 2.36. The largest absolute Gasteiger partial charge is 1.00 e. The van der Waals surface area contributed by atoms with Crippen molar-refractivity contribution >= 4 is 10.1 Å². The molecule has 0 heterocycles. The van der Waals surface area contributed by atoms with Crippen molar-refractivity contribution in [3.05, 3.63) is 0 Å². The SMILES string of the molecule is CCCCCCCC(O)CC(CCCCC)S(=O)(=O)[O-].[Na+]. The summed E-state index contributed by atoms with van der Waals surface area (Å²) in [6.07, 6.45) is 8.59. The van der Waals surface area contributed by atoms with Gasteiger partial charge in [-0.05, 0) is 19.3 Å². The minimum atomic E-state index is -4.29. The Morgan fingerprint density at radius 1 is 0.905 bits per heavy atom. The van der Waals surface area contributed by atoms with Crippen molar-refractivity contribution in [2.75, 3.05) is 0 Å². The van der Waals surface area contributed by atoms with E-state index in [4.69, 9.17) is 0 Å². The van der Waals surface area contributed by atoms with Gasteiger partial charge in [-0.15, -0.1) is 0 Å². The molecule has 0 aromatic carbocycles. The van der Waals surface area contributed by atoms with Crippen LogP contribution in [0.5, 0.6) is 0 Å². The van der Waals surface area contributed by atoms with Gasteiger partial charge in [0.1, 0.15) is 0 Å². The molecule has 6 heteroatoms. The van der Waals surface area contributed by atoms with Crippen molar-refractivity contribution in [1.29, 1.82) is 0 Å². The molecule has 122 valence electrons. The Kier molecular flexibility index (Phi) is 16.6. The molecule has 0 aromatic rings. The van der Waals surface area contributed by atoms with Gasteiger partial charge in [-0.25, -0.2) is 8.42 Å². The zero-order chi connectivity index (χ0) is 15.4. The van der Waals surface area contributed by atoms with Crippen LogP contribution in [0.4, 0.5) is 0 Å². The minimum Gasteiger partial charge on any atom is -0.748 e. The number of unbranched alkanes of at least 4 members (excludes halogenated alkanes) is 6. The maximum Gasteiger partial charge on any atom is 1.00 e. The first-order chi connectivity index (χ1) is 9.41. The summed E-state index contributed by atoms with van der Waals surface area (Å²) in [5.41, 5.74) is 0. The van der Waals surface area contributed by atoms with E-state index in [9.17, 15) is 18.1 Å². The number of rotatable bonds is 13. The molecule has 0 radical (unpaired) electrons. The quantitative estimate of drug-likeness (QED) is 0.305. The van der Waals surface area contributed by atoms with Crippen LogP contribution in [0.15, 0.2) is 0 Å². The van der Waals surface area contributed by atoms with E-state index in [1.54, 1.807) is 0 Å². The van der Waals surface area contributed by atoms with Crippen LogP contribution in [0.25, 0.3) is 0 Å². The van der Waals surface area contributed by atoms with Crippen molar-refractivity contribution in [2.45, 2.75) is 95.8 Å². The van der Waals surface area contributed by atoms with Crippen molar-refractivity contribution in [3.63, 3.8) is 0 Å². The predicted octanol–water partition coefficient (Wildman–Crippen LogP) is 0.596. The Bertz CT molecular complexity index is 320. The molecule has 0 bridgehead atoms. The van der Waals surface area contributed by atoms with E-state index >= 15 is 0 Å². The monoisotopic (exact) mass is 330 g/mol. The molecule has 0 fully saturated rings. The van der Waals surface area contributed by atoms with Crippen LogP contribution in [0.3, 0.4) is 0 Å². The second-order valence-corrected chi connectivity index (χ2v) is 7.36. The average molecular weight is 330 g/mol. The summed E-state index contributed by atoms with van der Waals surface area (Å²) < 4.78 is 33.6. The van der Waals surface area contributed by atoms with Gasteiger partial charge in [-0.2, -0.15) is 0 Å². The van der Waals surface area contributed by atoms with E-state index in [2.05, 4.69) is 6.92 Å². The van der Waals surface area contributed by atoms with Crippen LogP contribution in [0.2, 0.25) is 0 Å². The number of hydrogen-bond acceptors (Lipinski definition) is 4. The summed E-state index contributed by atoms with van der Waals surface area (Å²) in [5, 5.41) is 8.98. The minimum absolute atomic E-state index is 0. The number of aliphatic hydroxyl groups is 1. The second kappa shape index (κ2) is 14.5. The molecule has 0 aliphatic carbocycles. The third-order valence-corrected chi connectivity index (χ3v) is 4.96. The fourth-order valence-electron chi connectivity index (χ4n) is 2.41. The van der Waals surface area contributed by atoms with Crippen LogP contribution < -0.4 is 29.6 Å². The third kappa shape index (κ3) is 14.2. The standard InChI is InChI=1S/C15H32O4S.Na/c1-3-5-7-8-10-11-14(16)13-15(20(17,18)19)12-9-6-4-2;/h14-16H,3-13H2,1-2H3,(H,17,18,19);/q;+1/p-1. The Morgan fingerprint density at radius 3 is 1.90 bits per heavy atom. The molecule has 0 aliphatic rings. The maximum absolute atomic E-state index is 11.2. The van der Waals surface area contributed by atoms with Crippen molar-refractivity contribution in [1.82, 2.24) is 0 Å². The van der Waals surface area contributed by atoms with Gasteiger partial charge in [-0.1, -0.05) is 65.2 Å². The summed E-state index contributed by atoms with van der Waals surface area (Å²) in [6.45, 7) is 4.18. The van der Waals surface area contributed by atoms with Gasteiger partial charge in [0, 0.05) is 0 Å².